The first kappa shape index (κ1) is 13.6. The fourth-order valence-corrected chi connectivity index (χ4v) is 2.44. The number of anilines is 1. The van der Waals surface area contributed by atoms with Gasteiger partial charge in [0.15, 0.2) is 0 Å². The summed E-state index contributed by atoms with van der Waals surface area (Å²) in [6.45, 7) is 0. The van der Waals surface area contributed by atoms with E-state index < -0.39 is 0 Å². The first-order chi connectivity index (χ1) is 10.2. The highest BCUT2D eigenvalue weighted by molar-refractivity contribution is 9.10. The van der Waals surface area contributed by atoms with Gasteiger partial charge in [0.1, 0.15) is 5.75 Å². The van der Waals surface area contributed by atoms with Crippen LogP contribution < -0.4 is 10.5 Å². The fourth-order valence-electron chi connectivity index (χ4n) is 1.93. The van der Waals surface area contributed by atoms with Crippen molar-refractivity contribution < 1.29 is 9.26 Å². The predicted molar refractivity (Wildman–Crippen MR) is 83.8 cm³/mol. The third-order valence-electron chi connectivity index (χ3n) is 2.94. The molecule has 0 atom stereocenters. The number of nitrogen functional groups attached to an aromatic ring is 1. The van der Waals surface area contributed by atoms with E-state index in [2.05, 4.69) is 26.1 Å². The Morgan fingerprint density at radius 1 is 1.10 bits per heavy atom. The quantitative estimate of drug-likeness (QED) is 0.731. The summed E-state index contributed by atoms with van der Waals surface area (Å²) in [5.74, 6) is 1.72. The molecule has 0 unspecified atom stereocenters. The van der Waals surface area contributed by atoms with Gasteiger partial charge in [-0.15, -0.1) is 0 Å². The van der Waals surface area contributed by atoms with Crippen molar-refractivity contribution in [1.29, 1.82) is 0 Å². The smallest absolute Gasteiger partial charge is 0.258 e. The number of aromatic nitrogens is 2. The minimum atomic E-state index is 0.425. The largest absolute Gasteiger partial charge is 0.497 e. The molecular weight excluding hydrogens is 334 g/mol. The van der Waals surface area contributed by atoms with Crippen LogP contribution in [0, 0.1) is 0 Å². The molecule has 0 radical (unpaired) electrons. The molecule has 21 heavy (non-hydrogen) atoms. The van der Waals surface area contributed by atoms with Gasteiger partial charge >= 0.3 is 0 Å². The van der Waals surface area contributed by atoms with Crippen LogP contribution in [0.4, 0.5) is 5.69 Å². The third-order valence-corrected chi connectivity index (χ3v) is 3.40. The number of nitrogens with two attached hydrogens (primary N) is 1. The molecule has 5 nitrogen and oxygen atoms in total. The van der Waals surface area contributed by atoms with Crippen molar-refractivity contribution in [2.24, 2.45) is 0 Å². The summed E-state index contributed by atoms with van der Waals surface area (Å²) in [5.41, 5.74) is 8.07. The highest BCUT2D eigenvalue weighted by Gasteiger charge is 2.11. The lowest BCUT2D eigenvalue weighted by atomic mass is 10.2. The van der Waals surface area contributed by atoms with Crippen LogP contribution in [0.3, 0.4) is 0 Å². The number of benzene rings is 2. The molecule has 0 saturated carbocycles. The molecule has 1 heterocycles. The summed E-state index contributed by atoms with van der Waals surface area (Å²) >= 11 is 3.39. The molecular formula is C15H12BrN3O2. The summed E-state index contributed by atoms with van der Waals surface area (Å²) in [6, 6.07) is 12.9. The molecule has 3 rings (SSSR count). The van der Waals surface area contributed by atoms with Crippen molar-refractivity contribution >= 4 is 21.6 Å². The Bertz CT molecular complexity index is 749. The van der Waals surface area contributed by atoms with Crippen molar-refractivity contribution in [3.05, 3.63) is 46.9 Å². The lowest BCUT2D eigenvalue weighted by Gasteiger charge is -1.99. The maximum absolute atomic E-state index is 5.81. The van der Waals surface area contributed by atoms with Gasteiger partial charge in [-0.1, -0.05) is 21.1 Å². The van der Waals surface area contributed by atoms with Crippen LogP contribution in [-0.2, 0) is 0 Å². The van der Waals surface area contributed by atoms with E-state index in [1.165, 1.54) is 0 Å². The second-order valence-electron chi connectivity index (χ2n) is 4.42. The minimum absolute atomic E-state index is 0.425. The Morgan fingerprint density at radius 2 is 1.86 bits per heavy atom. The van der Waals surface area contributed by atoms with E-state index in [-0.39, 0.29) is 0 Å². The maximum atomic E-state index is 5.81. The van der Waals surface area contributed by atoms with Gasteiger partial charge in [0.05, 0.1) is 7.11 Å². The van der Waals surface area contributed by atoms with Crippen LogP contribution in [0.15, 0.2) is 51.5 Å². The second-order valence-corrected chi connectivity index (χ2v) is 5.34. The van der Waals surface area contributed by atoms with Gasteiger partial charge in [-0.2, -0.15) is 4.98 Å². The number of hydrogen-bond donors (Lipinski definition) is 1. The van der Waals surface area contributed by atoms with Gasteiger partial charge in [-0.3, -0.25) is 0 Å². The molecule has 0 saturated heterocycles. The number of rotatable bonds is 3. The average molecular weight is 346 g/mol. The Hall–Kier alpha value is -2.34. The van der Waals surface area contributed by atoms with Crippen molar-refractivity contribution in [1.82, 2.24) is 10.1 Å². The van der Waals surface area contributed by atoms with Gasteiger partial charge in [0.25, 0.3) is 5.89 Å². The molecule has 0 bridgehead atoms. The van der Waals surface area contributed by atoms with Crippen molar-refractivity contribution in [2.75, 3.05) is 12.8 Å². The zero-order valence-electron chi connectivity index (χ0n) is 11.2. The molecule has 0 amide bonds. The van der Waals surface area contributed by atoms with E-state index in [4.69, 9.17) is 15.0 Å². The first-order valence-corrected chi connectivity index (χ1v) is 6.99. The van der Waals surface area contributed by atoms with Crippen LogP contribution in [0.5, 0.6) is 5.75 Å². The van der Waals surface area contributed by atoms with E-state index in [9.17, 15) is 0 Å². The zero-order chi connectivity index (χ0) is 14.8. The van der Waals surface area contributed by atoms with Gasteiger partial charge in [-0.05, 0) is 42.5 Å². The summed E-state index contributed by atoms with van der Waals surface area (Å²) in [4.78, 5) is 4.39. The number of halogens is 1. The van der Waals surface area contributed by atoms with E-state index in [0.29, 0.717) is 17.4 Å². The lowest BCUT2D eigenvalue weighted by molar-refractivity contribution is 0.415. The Kier molecular flexibility index (Phi) is 3.62. The first-order valence-electron chi connectivity index (χ1n) is 6.20. The topological polar surface area (TPSA) is 74.2 Å². The standard InChI is InChI=1S/C15H12BrN3O2/c1-20-13-4-2-9(3-5-13)14-18-15(21-19-14)10-6-11(16)8-12(17)7-10/h2-8H,17H2,1H3. The van der Waals surface area contributed by atoms with Crippen LogP contribution in [0.2, 0.25) is 0 Å². The van der Waals surface area contributed by atoms with Gasteiger partial charge < -0.3 is 15.0 Å². The molecule has 3 aromatic rings. The molecule has 106 valence electrons. The van der Waals surface area contributed by atoms with Crippen LogP contribution in [0.25, 0.3) is 22.8 Å². The second kappa shape index (κ2) is 5.57. The number of nitrogens with zero attached hydrogens (tertiary/aromatic N) is 2. The van der Waals surface area contributed by atoms with Crippen molar-refractivity contribution in [3.63, 3.8) is 0 Å². The van der Waals surface area contributed by atoms with Crippen molar-refractivity contribution in [2.45, 2.75) is 0 Å². The molecule has 0 aliphatic heterocycles. The number of hydrogen-bond acceptors (Lipinski definition) is 5. The molecule has 1 aromatic heterocycles. The van der Waals surface area contributed by atoms with Crippen LogP contribution in [-0.4, -0.2) is 17.3 Å². The molecule has 2 N–H and O–H groups in total. The molecule has 0 aliphatic rings. The molecule has 2 aromatic carbocycles. The number of ether oxygens (including phenoxy) is 1. The highest BCUT2D eigenvalue weighted by atomic mass is 79.9. The van der Waals surface area contributed by atoms with E-state index in [0.717, 1.165) is 21.3 Å². The average Bonchev–Trinajstić information content (AvgIpc) is 2.96. The monoisotopic (exact) mass is 345 g/mol. The normalized spacial score (nSPS) is 10.6. The van der Waals surface area contributed by atoms with Crippen molar-refractivity contribution in [3.8, 4) is 28.6 Å². The van der Waals surface area contributed by atoms with Gasteiger partial charge in [-0.25, -0.2) is 0 Å². The lowest BCUT2D eigenvalue weighted by Crippen LogP contribution is -1.87. The van der Waals surface area contributed by atoms with Crippen LogP contribution in [0.1, 0.15) is 0 Å². The SMILES string of the molecule is COc1ccc(-c2noc(-c3cc(N)cc(Br)c3)n2)cc1. The minimum Gasteiger partial charge on any atom is -0.497 e. The van der Waals surface area contributed by atoms with Gasteiger partial charge in [0, 0.05) is 21.3 Å². The Morgan fingerprint density at radius 3 is 2.52 bits per heavy atom. The Labute approximate surface area is 129 Å². The summed E-state index contributed by atoms with van der Waals surface area (Å²) in [5, 5.41) is 3.99. The predicted octanol–water partition coefficient (Wildman–Crippen LogP) is 3.76. The Balaban J connectivity index is 1.95. The van der Waals surface area contributed by atoms with Crippen LogP contribution >= 0.6 is 15.9 Å². The summed E-state index contributed by atoms with van der Waals surface area (Å²) in [6.07, 6.45) is 0. The molecule has 0 fully saturated rings. The molecule has 6 heteroatoms. The van der Waals surface area contributed by atoms with E-state index in [1.54, 1.807) is 13.2 Å². The maximum Gasteiger partial charge on any atom is 0.258 e. The summed E-state index contributed by atoms with van der Waals surface area (Å²) in [7, 11) is 1.62. The third kappa shape index (κ3) is 2.90. The van der Waals surface area contributed by atoms with Gasteiger partial charge in [0.2, 0.25) is 5.82 Å². The number of methoxy groups -OCH3 is 1. The van der Waals surface area contributed by atoms with E-state index in [1.807, 2.05) is 36.4 Å². The molecule has 0 spiro atoms. The fraction of sp³-hybridized carbons (Fsp3) is 0.0667. The highest BCUT2D eigenvalue weighted by Crippen LogP contribution is 2.27. The molecule has 0 aliphatic carbocycles. The zero-order valence-corrected chi connectivity index (χ0v) is 12.8. The summed E-state index contributed by atoms with van der Waals surface area (Å²) < 4.78 is 11.3. The van der Waals surface area contributed by atoms with E-state index >= 15 is 0 Å².